The van der Waals surface area contributed by atoms with E-state index in [1.165, 1.54) is 7.11 Å². The molecule has 1 aromatic rings. The normalized spacial score (nSPS) is 11.7. The van der Waals surface area contributed by atoms with Crippen LogP contribution in [-0.2, 0) is 0 Å². The fourth-order valence-electron chi connectivity index (χ4n) is 0.947. The highest BCUT2D eigenvalue weighted by molar-refractivity contribution is 5.79. The molecule has 0 aliphatic rings. The fourth-order valence-corrected chi connectivity index (χ4v) is 0.947. The topological polar surface area (TPSA) is 102 Å². The first-order valence-corrected chi connectivity index (χ1v) is 4.56. The molecule has 0 bridgehead atoms. The van der Waals surface area contributed by atoms with Crippen LogP contribution < -0.4 is 15.9 Å². The third kappa shape index (κ3) is 3.65. The van der Waals surface area contributed by atoms with Crippen LogP contribution in [0.4, 0.5) is 5.95 Å². The molecule has 0 aromatic carbocycles. The molecule has 1 aromatic heterocycles. The highest BCUT2D eigenvalue weighted by atomic mass is 16.5. The Morgan fingerprint density at radius 3 is 2.62 bits per heavy atom. The summed E-state index contributed by atoms with van der Waals surface area (Å²) in [7, 11) is 5.06. The van der Waals surface area contributed by atoms with Crippen LogP contribution in [0.5, 0.6) is 6.01 Å². The second-order valence-corrected chi connectivity index (χ2v) is 3.17. The maximum Gasteiger partial charge on any atom is 0.321 e. The smallest absolute Gasteiger partial charge is 0.321 e. The lowest BCUT2D eigenvalue weighted by atomic mass is 10.7. The van der Waals surface area contributed by atoms with Gasteiger partial charge >= 0.3 is 6.01 Å². The number of guanidine groups is 1. The molecule has 0 saturated carbocycles. The standard InChI is InChI=1S/C8H15N7O/c1-5-10-7(13-8(11-5)16-4)12-6(9)14-15(2)3/h1-4H3,(H3,9,10,11,12,13,14). The summed E-state index contributed by atoms with van der Waals surface area (Å²) in [6, 6.07) is 0.212. The number of aromatic nitrogens is 3. The Morgan fingerprint density at radius 2 is 2.06 bits per heavy atom. The molecule has 0 atom stereocenters. The van der Waals surface area contributed by atoms with E-state index in [1.807, 2.05) is 0 Å². The van der Waals surface area contributed by atoms with E-state index in [9.17, 15) is 0 Å². The molecule has 0 aliphatic heterocycles. The largest absolute Gasteiger partial charge is 0.467 e. The Labute approximate surface area is 93.5 Å². The Bertz CT molecular complexity index is 390. The van der Waals surface area contributed by atoms with Gasteiger partial charge in [0.1, 0.15) is 5.82 Å². The molecule has 0 aliphatic carbocycles. The van der Waals surface area contributed by atoms with E-state index < -0.39 is 0 Å². The minimum Gasteiger partial charge on any atom is -0.467 e. The number of rotatable bonds is 3. The van der Waals surface area contributed by atoms with Crippen molar-refractivity contribution >= 4 is 11.9 Å². The number of hydrogen-bond acceptors (Lipinski definition) is 6. The third-order valence-electron chi connectivity index (χ3n) is 1.46. The van der Waals surface area contributed by atoms with Crippen LogP contribution in [0.25, 0.3) is 0 Å². The molecule has 1 rings (SSSR count). The monoisotopic (exact) mass is 225 g/mol. The zero-order valence-corrected chi connectivity index (χ0v) is 9.72. The average molecular weight is 225 g/mol. The van der Waals surface area contributed by atoms with Crippen molar-refractivity contribution in [2.24, 2.45) is 10.7 Å². The van der Waals surface area contributed by atoms with Crippen LogP contribution in [-0.4, -0.2) is 47.1 Å². The number of aliphatic imine (C=N–C) groups is 1. The van der Waals surface area contributed by atoms with Gasteiger partial charge in [0, 0.05) is 14.1 Å². The van der Waals surface area contributed by atoms with E-state index in [0.717, 1.165) is 0 Å². The lowest BCUT2D eigenvalue weighted by Gasteiger charge is -2.11. The van der Waals surface area contributed by atoms with Gasteiger partial charge in [0.05, 0.1) is 7.11 Å². The molecule has 0 radical (unpaired) electrons. The van der Waals surface area contributed by atoms with Crippen molar-refractivity contribution < 1.29 is 4.74 Å². The first kappa shape index (κ1) is 12.1. The van der Waals surface area contributed by atoms with Crippen LogP contribution in [0.15, 0.2) is 4.99 Å². The molecule has 0 fully saturated rings. The predicted molar refractivity (Wildman–Crippen MR) is 59.2 cm³/mol. The van der Waals surface area contributed by atoms with Gasteiger partial charge in [0.2, 0.25) is 5.96 Å². The summed E-state index contributed by atoms with van der Waals surface area (Å²) in [5.41, 5.74) is 8.37. The van der Waals surface area contributed by atoms with Crippen LogP contribution in [0.3, 0.4) is 0 Å². The lowest BCUT2D eigenvalue weighted by Crippen LogP contribution is -2.41. The number of methoxy groups -OCH3 is 1. The van der Waals surface area contributed by atoms with Crippen molar-refractivity contribution in [2.75, 3.05) is 21.2 Å². The fraction of sp³-hybridized carbons (Fsp3) is 0.500. The van der Waals surface area contributed by atoms with E-state index in [1.54, 1.807) is 26.0 Å². The van der Waals surface area contributed by atoms with Crippen molar-refractivity contribution in [3.63, 3.8) is 0 Å². The molecular weight excluding hydrogens is 210 g/mol. The number of aryl methyl sites for hydroxylation is 1. The van der Waals surface area contributed by atoms with Crippen molar-refractivity contribution in [3.05, 3.63) is 5.82 Å². The second-order valence-electron chi connectivity index (χ2n) is 3.17. The molecule has 0 amide bonds. The summed E-state index contributed by atoms with van der Waals surface area (Å²) < 4.78 is 4.90. The van der Waals surface area contributed by atoms with Crippen molar-refractivity contribution in [1.82, 2.24) is 25.4 Å². The summed E-state index contributed by atoms with van der Waals surface area (Å²) in [6.07, 6.45) is 0. The number of hydrazine groups is 1. The molecule has 1 heterocycles. The van der Waals surface area contributed by atoms with Crippen LogP contribution in [0, 0.1) is 6.92 Å². The maximum absolute atomic E-state index is 5.60. The molecule has 3 N–H and O–H groups in total. The van der Waals surface area contributed by atoms with Gasteiger partial charge in [-0.3, -0.25) is 5.43 Å². The van der Waals surface area contributed by atoms with Gasteiger partial charge in [-0.05, 0) is 6.92 Å². The number of nitrogens with zero attached hydrogens (tertiary/aromatic N) is 5. The zero-order valence-electron chi connectivity index (χ0n) is 9.72. The molecule has 88 valence electrons. The molecular formula is C8H15N7O. The minimum atomic E-state index is 0.192. The van der Waals surface area contributed by atoms with Gasteiger partial charge in [-0.15, -0.1) is 0 Å². The van der Waals surface area contributed by atoms with Crippen LogP contribution in [0.2, 0.25) is 0 Å². The van der Waals surface area contributed by atoms with Crippen molar-refractivity contribution in [3.8, 4) is 6.01 Å². The van der Waals surface area contributed by atoms with Crippen LogP contribution in [0.1, 0.15) is 5.82 Å². The van der Waals surface area contributed by atoms with E-state index in [4.69, 9.17) is 10.5 Å². The number of hydrogen-bond donors (Lipinski definition) is 2. The van der Waals surface area contributed by atoms with Gasteiger partial charge in [-0.2, -0.15) is 19.9 Å². The first-order chi connectivity index (χ1) is 7.51. The Hall–Kier alpha value is -1.96. The molecule has 0 unspecified atom stereocenters. The van der Waals surface area contributed by atoms with E-state index in [2.05, 4.69) is 25.4 Å². The highest BCUT2D eigenvalue weighted by Crippen LogP contribution is 2.08. The van der Waals surface area contributed by atoms with E-state index >= 15 is 0 Å². The zero-order chi connectivity index (χ0) is 12.1. The van der Waals surface area contributed by atoms with Crippen LogP contribution >= 0.6 is 0 Å². The summed E-state index contributed by atoms with van der Waals surface area (Å²) in [6.45, 7) is 1.72. The van der Waals surface area contributed by atoms with Gasteiger partial charge in [0.15, 0.2) is 0 Å². The molecule has 8 nitrogen and oxygen atoms in total. The first-order valence-electron chi connectivity index (χ1n) is 4.56. The summed E-state index contributed by atoms with van der Waals surface area (Å²) >= 11 is 0. The highest BCUT2D eigenvalue weighted by Gasteiger charge is 2.03. The number of nitrogens with two attached hydrogens (primary N) is 1. The molecule has 8 heteroatoms. The number of ether oxygens (including phenoxy) is 1. The maximum atomic E-state index is 5.60. The van der Waals surface area contributed by atoms with Gasteiger partial charge in [0.25, 0.3) is 5.95 Å². The average Bonchev–Trinajstić information content (AvgIpc) is 2.14. The third-order valence-corrected chi connectivity index (χ3v) is 1.46. The Kier molecular flexibility index (Phi) is 3.95. The number of nitrogens with one attached hydrogen (secondary N) is 1. The summed E-state index contributed by atoms with van der Waals surface area (Å²) in [5, 5.41) is 1.66. The quantitative estimate of drug-likeness (QED) is 0.394. The molecule has 16 heavy (non-hydrogen) atoms. The van der Waals surface area contributed by atoms with Gasteiger partial charge in [-0.1, -0.05) is 0 Å². The predicted octanol–water partition coefficient (Wildman–Crippen LogP) is -0.799. The molecule has 0 spiro atoms. The SMILES string of the molecule is COc1nc(C)nc(N=C(N)NN(C)C)n1. The van der Waals surface area contributed by atoms with Gasteiger partial charge < -0.3 is 10.5 Å². The van der Waals surface area contributed by atoms with Crippen molar-refractivity contribution in [2.45, 2.75) is 6.92 Å². The lowest BCUT2D eigenvalue weighted by molar-refractivity contribution is 0.360. The van der Waals surface area contributed by atoms with E-state index in [-0.39, 0.29) is 17.9 Å². The second kappa shape index (κ2) is 5.21. The van der Waals surface area contributed by atoms with E-state index in [0.29, 0.717) is 5.82 Å². The summed E-state index contributed by atoms with van der Waals surface area (Å²) in [5.74, 6) is 0.914. The Morgan fingerprint density at radius 1 is 1.38 bits per heavy atom. The Balaban J connectivity index is 2.91. The summed E-state index contributed by atoms with van der Waals surface area (Å²) in [4.78, 5) is 15.8. The molecule has 0 saturated heterocycles. The van der Waals surface area contributed by atoms with Gasteiger partial charge in [-0.25, -0.2) is 5.01 Å². The van der Waals surface area contributed by atoms with Crippen molar-refractivity contribution in [1.29, 1.82) is 0 Å². The minimum absolute atomic E-state index is 0.192.